The molecular formula is C14H18ClNO2. The number of carbonyl (C=O) groups is 1. The van der Waals surface area contributed by atoms with E-state index in [1.807, 2.05) is 19.1 Å². The number of aliphatic carboxylic acids is 1. The van der Waals surface area contributed by atoms with Crippen LogP contribution in [0.3, 0.4) is 0 Å². The van der Waals surface area contributed by atoms with Crippen molar-refractivity contribution in [3.63, 3.8) is 0 Å². The van der Waals surface area contributed by atoms with Crippen molar-refractivity contribution in [3.05, 3.63) is 28.8 Å². The quantitative estimate of drug-likeness (QED) is 0.913. The predicted octanol–water partition coefficient (Wildman–Crippen LogP) is 3.34. The molecule has 98 valence electrons. The molecule has 1 saturated heterocycles. The Hall–Kier alpha value is -1.22. The summed E-state index contributed by atoms with van der Waals surface area (Å²) in [6.45, 7) is 3.86. The van der Waals surface area contributed by atoms with Gasteiger partial charge in [0.15, 0.2) is 0 Å². The Labute approximate surface area is 112 Å². The molecule has 18 heavy (non-hydrogen) atoms. The molecule has 1 aliphatic heterocycles. The molecule has 4 heteroatoms. The maximum absolute atomic E-state index is 10.7. The van der Waals surface area contributed by atoms with Crippen molar-refractivity contribution in [1.29, 1.82) is 0 Å². The number of nitrogens with zero attached hydrogens (tertiary/aromatic N) is 1. The monoisotopic (exact) mass is 267 g/mol. The van der Waals surface area contributed by atoms with Crippen LogP contribution < -0.4 is 4.90 Å². The highest BCUT2D eigenvalue weighted by Gasteiger charge is 2.22. The van der Waals surface area contributed by atoms with Gasteiger partial charge in [-0.05, 0) is 43.4 Å². The average Bonchev–Trinajstić information content (AvgIpc) is 2.33. The van der Waals surface area contributed by atoms with Gasteiger partial charge in [-0.1, -0.05) is 17.7 Å². The molecule has 0 aliphatic carbocycles. The second kappa shape index (κ2) is 5.61. The van der Waals surface area contributed by atoms with Crippen molar-refractivity contribution in [2.24, 2.45) is 5.92 Å². The summed E-state index contributed by atoms with van der Waals surface area (Å²) in [7, 11) is 0. The first-order chi connectivity index (χ1) is 8.58. The van der Waals surface area contributed by atoms with Crippen LogP contribution in [-0.2, 0) is 4.79 Å². The van der Waals surface area contributed by atoms with Gasteiger partial charge in [0.2, 0.25) is 0 Å². The number of carboxylic acids is 1. The van der Waals surface area contributed by atoms with E-state index in [0.29, 0.717) is 12.3 Å². The summed E-state index contributed by atoms with van der Waals surface area (Å²) in [6, 6.07) is 5.95. The van der Waals surface area contributed by atoms with E-state index in [-0.39, 0.29) is 0 Å². The first kappa shape index (κ1) is 13.2. The maximum atomic E-state index is 10.7. The van der Waals surface area contributed by atoms with Crippen LogP contribution in [0.25, 0.3) is 0 Å². The van der Waals surface area contributed by atoms with Gasteiger partial charge < -0.3 is 10.0 Å². The number of rotatable bonds is 3. The third kappa shape index (κ3) is 2.96. The van der Waals surface area contributed by atoms with E-state index in [2.05, 4.69) is 11.0 Å². The minimum atomic E-state index is -0.688. The molecule has 1 aromatic carbocycles. The summed E-state index contributed by atoms with van der Waals surface area (Å²) in [4.78, 5) is 13.0. The number of benzene rings is 1. The molecule has 1 aliphatic rings. The lowest BCUT2D eigenvalue weighted by molar-refractivity contribution is -0.138. The zero-order valence-corrected chi connectivity index (χ0v) is 11.3. The fraction of sp³-hybridized carbons (Fsp3) is 0.500. The Morgan fingerprint density at radius 1 is 1.44 bits per heavy atom. The number of hydrogen-bond donors (Lipinski definition) is 1. The fourth-order valence-electron chi connectivity index (χ4n) is 2.56. The Morgan fingerprint density at radius 3 is 2.72 bits per heavy atom. The minimum absolute atomic E-state index is 0.294. The van der Waals surface area contributed by atoms with Crippen LogP contribution in [-0.4, -0.2) is 24.2 Å². The second-order valence-electron chi connectivity index (χ2n) is 4.91. The van der Waals surface area contributed by atoms with E-state index in [9.17, 15) is 4.79 Å². The molecule has 0 saturated carbocycles. The van der Waals surface area contributed by atoms with Gasteiger partial charge >= 0.3 is 5.97 Å². The molecule has 0 amide bonds. The van der Waals surface area contributed by atoms with Gasteiger partial charge in [0.05, 0.1) is 0 Å². The minimum Gasteiger partial charge on any atom is -0.481 e. The number of halogens is 1. The summed E-state index contributed by atoms with van der Waals surface area (Å²) >= 11 is 6.13. The number of carboxylic acid groups (broad SMARTS) is 1. The zero-order valence-electron chi connectivity index (χ0n) is 10.5. The SMILES string of the molecule is Cc1c(Cl)cccc1N1CCC(CC(=O)O)CC1. The fourth-order valence-corrected chi connectivity index (χ4v) is 2.73. The molecule has 1 aromatic rings. The Morgan fingerprint density at radius 2 is 2.11 bits per heavy atom. The molecule has 1 heterocycles. The lowest BCUT2D eigenvalue weighted by atomic mass is 9.93. The molecule has 3 nitrogen and oxygen atoms in total. The smallest absolute Gasteiger partial charge is 0.303 e. The number of anilines is 1. The van der Waals surface area contributed by atoms with Gasteiger partial charge in [-0.3, -0.25) is 4.79 Å². The first-order valence-corrected chi connectivity index (χ1v) is 6.67. The van der Waals surface area contributed by atoms with Crippen LogP contribution in [0.4, 0.5) is 5.69 Å². The highest BCUT2D eigenvalue weighted by atomic mass is 35.5. The van der Waals surface area contributed by atoms with Gasteiger partial charge in [-0.2, -0.15) is 0 Å². The normalized spacial score (nSPS) is 16.9. The maximum Gasteiger partial charge on any atom is 0.303 e. The molecule has 0 radical (unpaired) electrons. The van der Waals surface area contributed by atoms with E-state index in [1.165, 1.54) is 5.69 Å². The lowest BCUT2D eigenvalue weighted by Gasteiger charge is -2.34. The van der Waals surface area contributed by atoms with Crippen molar-refractivity contribution in [3.8, 4) is 0 Å². The van der Waals surface area contributed by atoms with Gasteiger partial charge in [0.25, 0.3) is 0 Å². The molecule has 0 unspecified atom stereocenters. The largest absolute Gasteiger partial charge is 0.481 e. The molecule has 1 fully saturated rings. The van der Waals surface area contributed by atoms with Gasteiger partial charge in [-0.25, -0.2) is 0 Å². The topological polar surface area (TPSA) is 40.5 Å². The summed E-state index contributed by atoms with van der Waals surface area (Å²) in [5.41, 5.74) is 2.28. The molecule has 0 bridgehead atoms. The van der Waals surface area contributed by atoms with Crippen molar-refractivity contribution >= 4 is 23.3 Å². The van der Waals surface area contributed by atoms with Crippen molar-refractivity contribution in [1.82, 2.24) is 0 Å². The predicted molar refractivity (Wildman–Crippen MR) is 73.4 cm³/mol. The molecule has 1 N–H and O–H groups in total. The first-order valence-electron chi connectivity index (χ1n) is 6.30. The average molecular weight is 268 g/mol. The summed E-state index contributed by atoms with van der Waals surface area (Å²) in [6.07, 6.45) is 2.18. The van der Waals surface area contributed by atoms with Gasteiger partial charge in [0, 0.05) is 30.2 Å². The van der Waals surface area contributed by atoms with Crippen molar-refractivity contribution < 1.29 is 9.90 Å². The highest BCUT2D eigenvalue weighted by Crippen LogP contribution is 2.30. The standard InChI is InChI=1S/C14H18ClNO2/c1-10-12(15)3-2-4-13(10)16-7-5-11(6-8-16)9-14(17)18/h2-4,11H,5-9H2,1H3,(H,17,18). The third-order valence-corrected chi connectivity index (χ3v) is 4.07. The summed E-state index contributed by atoms with van der Waals surface area (Å²) in [5, 5.41) is 9.59. The van der Waals surface area contributed by atoms with Crippen LogP contribution in [0.2, 0.25) is 5.02 Å². The van der Waals surface area contributed by atoms with Crippen LogP contribution in [0, 0.1) is 12.8 Å². The molecule has 2 rings (SSSR count). The Balaban J connectivity index is 2.01. The van der Waals surface area contributed by atoms with E-state index >= 15 is 0 Å². The molecular weight excluding hydrogens is 250 g/mol. The van der Waals surface area contributed by atoms with Crippen LogP contribution in [0.5, 0.6) is 0 Å². The third-order valence-electron chi connectivity index (χ3n) is 3.66. The van der Waals surface area contributed by atoms with Crippen LogP contribution >= 0.6 is 11.6 Å². The van der Waals surface area contributed by atoms with Gasteiger partial charge in [-0.15, -0.1) is 0 Å². The number of hydrogen-bond acceptors (Lipinski definition) is 2. The second-order valence-corrected chi connectivity index (χ2v) is 5.32. The Kier molecular flexibility index (Phi) is 4.12. The molecule has 0 atom stereocenters. The highest BCUT2D eigenvalue weighted by molar-refractivity contribution is 6.31. The zero-order chi connectivity index (χ0) is 13.1. The van der Waals surface area contributed by atoms with E-state index in [4.69, 9.17) is 16.7 Å². The van der Waals surface area contributed by atoms with Crippen LogP contribution in [0.15, 0.2) is 18.2 Å². The summed E-state index contributed by atoms with van der Waals surface area (Å²) in [5.74, 6) is -0.370. The van der Waals surface area contributed by atoms with Crippen molar-refractivity contribution in [2.45, 2.75) is 26.2 Å². The van der Waals surface area contributed by atoms with E-state index < -0.39 is 5.97 Å². The van der Waals surface area contributed by atoms with Crippen LogP contribution in [0.1, 0.15) is 24.8 Å². The van der Waals surface area contributed by atoms with Gasteiger partial charge in [0.1, 0.15) is 0 Å². The van der Waals surface area contributed by atoms with Crippen molar-refractivity contribution in [2.75, 3.05) is 18.0 Å². The summed E-state index contributed by atoms with van der Waals surface area (Å²) < 4.78 is 0. The lowest BCUT2D eigenvalue weighted by Crippen LogP contribution is -2.34. The van der Waals surface area contributed by atoms with E-state index in [0.717, 1.165) is 36.5 Å². The molecule has 0 aromatic heterocycles. The Bertz CT molecular complexity index is 439. The van der Waals surface area contributed by atoms with E-state index in [1.54, 1.807) is 0 Å². The molecule has 0 spiro atoms. The number of piperidine rings is 1.